The minimum absolute atomic E-state index is 0. The molecule has 0 atom stereocenters. The first-order valence-electron chi connectivity index (χ1n) is 6.90. The van der Waals surface area contributed by atoms with E-state index in [2.05, 4.69) is 31.6 Å². The number of guanidine groups is 2. The Kier molecular flexibility index (Phi) is 5.11. The summed E-state index contributed by atoms with van der Waals surface area (Å²) in [7, 11) is 0. The van der Waals surface area contributed by atoms with Gasteiger partial charge in [0.1, 0.15) is 0 Å². The first kappa shape index (κ1) is 16.1. The van der Waals surface area contributed by atoms with Crippen molar-refractivity contribution < 1.29 is 0 Å². The van der Waals surface area contributed by atoms with Crippen LogP contribution in [0, 0.1) is 0 Å². The lowest BCUT2D eigenvalue weighted by Crippen LogP contribution is -2.49. The fourth-order valence-electron chi connectivity index (χ4n) is 2.71. The van der Waals surface area contributed by atoms with E-state index in [4.69, 9.17) is 10.7 Å². The van der Waals surface area contributed by atoms with Gasteiger partial charge in [0.2, 0.25) is 5.96 Å². The number of rotatable bonds is 1. The van der Waals surface area contributed by atoms with Crippen LogP contribution < -0.4 is 16.4 Å². The van der Waals surface area contributed by atoms with Crippen molar-refractivity contribution in [3.05, 3.63) is 28.7 Å². The Balaban J connectivity index is 0.00000161. The van der Waals surface area contributed by atoms with Crippen molar-refractivity contribution in [1.82, 2.24) is 5.32 Å². The average molecular weight is 373 g/mol. The molecule has 1 aromatic carbocycles. The summed E-state index contributed by atoms with van der Waals surface area (Å²) in [6.45, 7) is 0. The topological polar surface area (TPSA) is 74.8 Å². The highest BCUT2D eigenvalue weighted by atomic mass is 79.9. The van der Waals surface area contributed by atoms with Crippen molar-refractivity contribution in [2.24, 2.45) is 15.7 Å². The molecule has 4 N–H and O–H groups in total. The van der Waals surface area contributed by atoms with E-state index < -0.39 is 0 Å². The van der Waals surface area contributed by atoms with Crippen LogP contribution in [0.4, 0.5) is 5.69 Å². The molecule has 5 nitrogen and oxygen atoms in total. The maximum Gasteiger partial charge on any atom is 0.205 e. The number of anilines is 1. The van der Waals surface area contributed by atoms with Crippen LogP contribution in [0.3, 0.4) is 0 Å². The minimum Gasteiger partial charge on any atom is -0.370 e. The molecule has 0 bridgehead atoms. The number of nitrogens with one attached hydrogen (secondary N) is 2. The lowest BCUT2D eigenvalue weighted by atomic mass is 9.90. The van der Waals surface area contributed by atoms with Gasteiger partial charge in [0.25, 0.3) is 0 Å². The van der Waals surface area contributed by atoms with Crippen LogP contribution in [-0.4, -0.2) is 17.6 Å². The quantitative estimate of drug-likeness (QED) is 0.708. The van der Waals surface area contributed by atoms with Gasteiger partial charge in [0.05, 0.1) is 0 Å². The molecule has 1 aromatic rings. The molecule has 1 aliphatic heterocycles. The maximum absolute atomic E-state index is 5.92. The highest BCUT2D eigenvalue weighted by molar-refractivity contribution is 9.10. The van der Waals surface area contributed by atoms with Gasteiger partial charge >= 0.3 is 0 Å². The molecule has 21 heavy (non-hydrogen) atoms. The van der Waals surface area contributed by atoms with Gasteiger partial charge < -0.3 is 11.1 Å². The van der Waals surface area contributed by atoms with Crippen molar-refractivity contribution in [3.8, 4) is 0 Å². The van der Waals surface area contributed by atoms with Crippen molar-refractivity contribution >= 4 is 45.9 Å². The molecule has 1 fully saturated rings. The number of benzene rings is 1. The lowest BCUT2D eigenvalue weighted by molar-refractivity contribution is 0.307. The fraction of sp³-hybridized carbons (Fsp3) is 0.429. The van der Waals surface area contributed by atoms with E-state index in [1.807, 2.05) is 24.3 Å². The molecule has 0 amide bonds. The molecule has 2 aliphatic rings. The number of halogens is 2. The molecule has 114 valence electrons. The second-order valence-electron chi connectivity index (χ2n) is 5.26. The van der Waals surface area contributed by atoms with Gasteiger partial charge in [-0.15, -0.1) is 12.4 Å². The Morgan fingerprint density at radius 1 is 1.10 bits per heavy atom. The molecule has 0 aromatic heterocycles. The van der Waals surface area contributed by atoms with Crippen LogP contribution in [0.2, 0.25) is 0 Å². The third-order valence-corrected chi connectivity index (χ3v) is 4.18. The summed E-state index contributed by atoms with van der Waals surface area (Å²) < 4.78 is 1.05. The van der Waals surface area contributed by atoms with Crippen molar-refractivity contribution in [2.45, 2.75) is 37.8 Å². The van der Waals surface area contributed by atoms with E-state index in [1.54, 1.807) is 0 Å². The Hall–Kier alpha value is -1.27. The molecule has 1 heterocycles. The van der Waals surface area contributed by atoms with E-state index in [1.165, 1.54) is 6.42 Å². The van der Waals surface area contributed by atoms with E-state index in [0.29, 0.717) is 11.9 Å². The first-order chi connectivity index (χ1) is 9.65. The number of nitrogens with two attached hydrogens (primary N) is 1. The summed E-state index contributed by atoms with van der Waals surface area (Å²) in [4.78, 5) is 9.28. The monoisotopic (exact) mass is 371 g/mol. The Morgan fingerprint density at radius 3 is 2.43 bits per heavy atom. The molecule has 1 aliphatic carbocycles. The summed E-state index contributed by atoms with van der Waals surface area (Å²) in [6.07, 6.45) is 5.52. The van der Waals surface area contributed by atoms with Gasteiger partial charge in [0.15, 0.2) is 11.6 Å². The van der Waals surface area contributed by atoms with E-state index in [0.717, 1.165) is 35.8 Å². The summed E-state index contributed by atoms with van der Waals surface area (Å²) in [5.74, 6) is 1.13. The number of hydrogen-bond acceptors (Lipinski definition) is 5. The number of nitrogens with zero attached hydrogens (tertiary/aromatic N) is 2. The predicted octanol–water partition coefficient (Wildman–Crippen LogP) is 3.22. The van der Waals surface area contributed by atoms with Crippen LogP contribution in [0.15, 0.2) is 38.7 Å². The molecule has 3 rings (SSSR count). The fourth-order valence-corrected chi connectivity index (χ4v) is 2.97. The van der Waals surface area contributed by atoms with Crippen molar-refractivity contribution in [2.75, 3.05) is 5.32 Å². The first-order valence-corrected chi connectivity index (χ1v) is 7.69. The molecule has 0 radical (unpaired) electrons. The van der Waals surface area contributed by atoms with Gasteiger partial charge in [0, 0.05) is 10.2 Å². The summed E-state index contributed by atoms with van der Waals surface area (Å²) >= 11 is 3.42. The van der Waals surface area contributed by atoms with Crippen molar-refractivity contribution in [3.63, 3.8) is 0 Å². The number of hydrogen-bond donors (Lipinski definition) is 3. The molecular weight excluding hydrogens is 354 g/mol. The van der Waals surface area contributed by atoms with E-state index >= 15 is 0 Å². The zero-order valence-electron chi connectivity index (χ0n) is 11.6. The summed E-state index contributed by atoms with van der Waals surface area (Å²) in [6, 6.07) is 7.95. The molecule has 0 saturated heterocycles. The van der Waals surface area contributed by atoms with Gasteiger partial charge in [-0.2, -0.15) is 0 Å². The zero-order valence-corrected chi connectivity index (χ0v) is 14.0. The average Bonchev–Trinajstić information content (AvgIpc) is 2.41. The second-order valence-corrected chi connectivity index (χ2v) is 6.17. The Morgan fingerprint density at radius 2 is 1.76 bits per heavy atom. The van der Waals surface area contributed by atoms with Gasteiger partial charge in [-0.25, -0.2) is 9.98 Å². The summed E-state index contributed by atoms with van der Waals surface area (Å²) in [5.41, 5.74) is 6.54. The third kappa shape index (κ3) is 3.89. The van der Waals surface area contributed by atoms with E-state index in [9.17, 15) is 0 Å². The summed E-state index contributed by atoms with van der Waals surface area (Å²) in [5, 5.41) is 6.27. The van der Waals surface area contributed by atoms with Gasteiger partial charge in [-0.05, 0) is 49.9 Å². The normalized spacial score (nSPS) is 19.9. The Bertz CT molecular complexity index is 549. The maximum atomic E-state index is 5.92. The lowest BCUT2D eigenvalue weighted by Gasteiger charge is -2.34. The van der Waals surface area contributed by atoms with E-state index in [-0.39, 0.29) is 18.1 Å². The Labute approximate surface area is 139 Å². The smallest absolute Gasteiger partial charge is 0.205 e. The number of aliphatic imine (C=N–C) groups is 2. The van der Waals surface area contributed by atoms with Gasteiger partial charge in [-0.1, -0.05) is 22.4 Å². The highest BCUT2D eigenvalue weighted by Gasteiger charge is 2.34. The van der Waals surface area contributed by atoms with Gasteiger partial charge in [-0.3, -0.25) is 5.32 Å². The van der Waals surface area contributed by atoms with Crippen LogP contribution in [0.1, 0.15) is 32.1 Å². The SMILES string of the molecule is Cl.NC1=NC2(CCCCC2)N=C(Nc2ccc(Br)cc2)N1. The molecule has 1 saturated carbocycles. The largest absolute Gasteiger partial charge is 0.370 e. The zero-order chi connectivity index (χ0) is 14.0. The standard InChI is InChI=1S/C14H18BrN5.ClH/c15-10-4-6-11(7-5-10)17-13-18-12(16)19-14(20-13)8-2-1-3-9-14;/h4-7H,1-3,8-9H2,(H4,16,17,18,19,20);1H. The minimum atomic E-state index is -0.356. The predicted molar refractivity (Wildman–Crippen MR) is 93.0 cm³/mol. The van der Waals surface area contributed by atoms with Crippen LogP contribution >= 0.6 is 28.3 Å². The highest BCUT2D eigenvalue weighted by Crippen LogP contribution is 2.34. The van der Waals surface area contributed by atoms with Crippen LogP contribution in [-0.2, 0) is 0 Å². The molecule has 7 heteroatoms. The van der Waals surface area contributed by atoms with Crippen LogP contribution in [0.25, 0.3) is 0 Å². The van der Waals surface area contributed by atoms with Crippen LogP contribution in [0.5, 0.6) is 0 Å². The van der Waals surface area contributed by atoms with Crippen molar-refractivity contribution in [1.29, 1.82) is 0 Å². The third-order valence-electron chi connectivity index (χ3n) is 3.66. The molecule has 0 unspecified atom stereocenters. The molecular formula is C14H19BrClN5. The second kappa shape index (κ2) is 6.66. The molecule has 1 spiro atoms.